The van der Waals surface area contributed by atoms with E-state index in [4.69, 9.17) is 0 Å². The molecule has 19 heavy (non-hydrogen) atoms. The highest BCUT2D eigenvalue weighted by atomic mass is 19.1. The molecule has 0 unspecified atom stereocenters. The largest absolute Gasteiger partial charge is 0.367 e. The van der Waals surface area contributed by atoms with Crippen molar-refractivity contribution in [3.05, 3.63) is 29.6 Å². The van der Waals surface area contributed by atoms with Crippen LogP contribution in [0.3, 0.4) is 0 Å². The van der Waals surface area contributed by atoms with Crippen LogP contribution in [0, 0.1) is 5.82 Å². The molecule has 3 nitrogen and oxygen atoms in total. The van der Waals surface area contributed by atoms with E-state index in [1.165, 1.54) is 12.8 Å². The van der Waals surface area contributed by atoms with Gasteiger partial charge in [-0.2, -0.15) is 0 Å². The Morgan fingerprint density at radius 2 is 1.95 bits per heavy atom. The lowest BCUT2D eigenvalue weighted by molar-refractivity contribution is 0.311. The van der Waals surface area contributed by atoms with Crippen LogP contribution in [-0.2, 0) is 6.54 Å². The summed E-state index contributed by atoms with van der Waals surface area (Å²) in [6, 6.07) is 6.33. The zero-order valence-electron chi connectivity index (χ0n) is 11.5. The van der Waals surface area contributed by atoms with Crippen LogP contribution in [0.15, 0.2) is 18.2 Å². The molecule has 0 bridgehead atoms. The van der Waals surface area contributed by atoms with Gasteiger partial charge in [-0.15, -0.1) is 0 Å². The minimum absolute atomic E-state index is 0.0837. The predicted octanol–water partition coefficient (Wildman–Crippen LogP) is 1.83. The zero-order chi connectivity index (χ0) is 13.2. The molecule has 1 aromatic carbocycles. The number of nitrogens with zero attached hydrogens (tertiary/aromatic N) is 2. The molecule has 0 atom stereocenters. The van der Waals surface area contributed by atoms with Gasteiger partial charge in [-0.25, -0.2) is 4.39 Å². The number of benzene rings is 1. The molecule has 104 valence electrons. The van der Waals surface area contributed by atoms with Gasteiger partial charge in [0, 0.05) is 38.8 Å². The second-order valence-electron chi connectivity index (χ2n) is 5.73. The summed E-state index contributed by atoms with van der Waals surface area (Å²) >= 11 is 0. The third-order valence-corrected chi connectivity index (χ3v) is 4.03. The molecule has 1 N–H and O–H groups in total. The first-order chi connectivity index (χ1) is 9.22. The van der Waals surface area contributed by atoms with Gasteiger partial charge in [-0.05, 0) is 37.6 Å². The topological polar surface area (TPSA) is 18.5 Å². The molecule has 2 fully saturated rings. The highest BCUT2D eigenvalue weighted by molar-refractivity contribution is 5.49. The SMILES string of the molecule is CN1CCN(c2ccc(CNC3CC3)cc2F)CC1. The van der Waals surface area contributed by atoms with Crippen molar-refractivity contribution in [1.82, 2.24) is 10.2 Å². The maximum absolute atomic E-state index is 14.2. The summed E-state index contributed by atoms with van der Waals surface area (Å²) in [4.78, 5) is 4.43. The van der Waals surface area contributed by atoms with E-state index in [0.29, 0.717) is 6.04 Å². The number of nitrogens with one attached hydrogen (secondary N) is 1. The molecular weight excluding hydrogens is 241 g/mol. The Kier molecular flexibility index (Phi) is 3.71. The van der Waals surface area contributed by atoms with E-state index < -0.39 is 0 Å². The maximum atomic E-state index is 14.2. The van der Waals surface area contributed by atoms with Gasteiger partial charge in [0.05, 0.1) is 5.69 Å². The summed E-state index contributed by atoms with van der Waals surface area (Å²) in [5, 5.41) is 3.42. The van der Waals surface area contributed by atoms with Gasteiger partial charge in [-0.3, -0.25) is 0 Å². The molecule has 1 aliphatic heterocycles. The Balaban J connectivity index is 1.64. The number of anilines is 1. The van der Waals surface area contributed by atoms with Crippen LogP contribution in [0.25, 0.3) is 0 Å². The van der Waals surface area contributed by atoms with Crippen molar-refractivity contribution < 1.29 is 4.39 Å². The highest BCUT2D eigenvalue weighted by Gasteiger charge is 2.21. The normalized spacial score (nSPS) is 20.8. The Morgan fingerprint density at radius 3 is 2.58 bits per heavy atom. The Labute approximate surface area is 114 Å². The molecule has 0 amide bonds. The number of hydrogen-bond acceptors (Lipinski definition) is 3. The van der Waals surface area contributed by atoms with E-state index in [2.05, 4.69) is 22.2 Å². The molecule has 0 radical (unpaired) electrons. The number of hydrogen-bond donors (Lipinski definition) is 1. The van der Waals surface area contributed by atoms with E-state index >= 15 is 0 Å². The van der Waals surface area contributed by atoms with Gasteiger partial charge < -0.3 is 15.1 Å². The van der Waals surface area contributed by atoms with Crippen LogP contribution in [0.1, 0.15) is 18.4 Å². The zero-order valence-corrected chi connectivity index (χ0v) is 11.5. The van der Waals surface area contributed by atoms with Gasteiger partial charge in [0.2, 0.25) is 0 Å². The van der Waals surface area contributed by atoms with E-state index in [1.807, 2.05) is 12.1 Å². The van der Waals surface area contributed by atoms with E-state index in [-0.39, 0.29) is 5.82 Å². The highest BCUT2D eigenvalue weighted by Crippen LogP contribution is 2.23. The number of halogens is 1. The van der Waals surface area contributed by atoms with Gasteiger partial charge >= 0.3 is 0 Å². The fraction of sp³-hybridized carbons (Fsp3) is 0.600. The quantitative estimate of drug-likeness (QED) is 0.894. The van der Waals surface area contributed by atoms with E-state index in [0.717, 1.165) is 44.0 Å². The van der Waals surface area contributed by atoms with Crippen molar-refractivity contribution in [2.45, 2.75) is 25.4 Å². The van der Waals surface area contributed by atoms with Crippen LogP contribution in [-0.4, -0.2) is 44.2 Å². The van der Waals surface area contributed by atoms with Crippen molar-refractivity contribution in [2.24, 2.45) is 0 Å². The van der Waals surface area contributed by atoms with Crippen LogP contribution >= 0.6 is 0 Å². The molecule has 2 aliphatic rings. The lowest BCUT2D eigenvalue weighted by atomic mass is 10.1. The molecule has 1 aromatic rings. The third-order valence-electron chi connectivity index (χ3n) is 4.03. The lowest BCUT2D eigenvalue weighted by Gasteiger charge is -2.34. The summed E-state index contributed by atoms with van der Waals surface area (Å²) in [6.07, 6.45) is 2.53. The summed E-state index contributed by atoms with van der Waals surface area (Å²) in [7, 11) is 2.11. The average molecular weight is 263 g/mol. The minimum atomic E-state index is -0.0837. The summed E-state index contributed by atoms with van der Waals surface area (Å²) in [5.41, 5.74) is 1.80. The van der Waals surface area contributed by atoms with Gasteiger partial charge in [0.25, 0.3) is 0 Å². The molecule has 4 heteroatoms. The van der Waals surface area contributed by atoms with Crippen molar-refractivity contribution in [1.29, 1.82) is 0 Å². The van der Waals surface area contributed by atoms with Gasteiger partial charge in [0.15, 0.2) is 0 Å². The predicted molar refractivity (Wildman–Crippen MR) is 76.0 cm³/mol. The molecule has 0 aromatic heterocycles. The van der Waals surface area contributed by atoms with E-state index in [9.17, 15) is 4.39 Å². The first kappa shape index (κ1) is 12.9. The number of rotatable bonds is 4. The van der Waals surface area contributed by atoms with Crippen molar-refractivity contribution in [3.8, 4) is 0 Å². The first-order valence-corrected chi connectivity index (χ1v) is 7.18. The first-order valence-electron chi connectivity index (χ1n) is 7.18. The lowest BCUT2D eigenvalue weighted by Crippen LogP contribution is -2.44. The monoisotopic (exact) mass is 263 g/mol. The fourth-order valence-corrected chi connectivity index (χ4v) is 2.51. The molecule has 1 aliphatic carbocycles. The summed E-state index contributed by atoms with van der Waals surface area (Å²) in [6.45, 7) is 4.61. The second-order valence-corrected chi connectivity index (χ2v) is 5.73. The van der Waals surface area contributed by atoms with Crippen LogP contribution in [0.2, 0.25) is 0 Å². The Hall–Kier alpha value is -1.13. The molecule has 1 heterocycles. The maximum Gasteiger partial charge on any atom is 0.146 e. The molecule has 1 saturated carbocycles. The molecule has 0 spiro atoms. The second kappa shape index (κ2) is 5.47. The Morgan fingerprint density at radius 1 is 1.21 bits per heavy atom. The van der Waals surface area contributed by atoms with Gasteiger partial charge in [0.1, 0.15) is 5.82 Å². The summed E-state index contributed by atoms with van der Waals surface area (Å²) < 4.78 is 14.2. The molecule has 3 rings (SSSR count). The minimum Gasteiger partial charge on any atom is -0.367 e. The Bertz CT molecular complexity index is 437. The average Bonchev–Trinajstić information content (AvgIpc) is 3.22. The third kappa shape index (κ3) is 3.25. The van der Waals surface area contributed by atoms with Crippen LogP contribution in [0.5, 0.6) is 0 Å². The molecule has 1 saturated heterocycles. The van der Waals surface area contributed by atoms with Crippen LogP contribution in [0.4, 0.5) is 10.1 Å². The number of piperazine rings is 1. The van der Waals surface area contributed by atoms with Crippen molar-refractivity contribution in [3.63, 3.8) is 0 Å². The smallest absolute Gasteiger partial charge is 0.146 e. The number of likely N-dealkylation sites (N-methyl/N-ethyl adjacent to an activating group) is 1. The van der Waals surface area contributed by atoms with Crippen molar-refractivity contribution in [2.75, 3.05) is 38.1 Å². The van der Waals surface area contributed by atoms with E-state index in [1.54, 1.807) is 6.07 Å². The van der Waals surface area contributed by atoms with Gasteiger partial charge in [-0.1, -0.05) is 6.07 Å². The molecular formula is C15H22FN3. The van der Waals surface area contributed by atoms with Crippen LogP contribution < -0.4 is 10.2 Å². The fourth-order valence-electron chi connectivity index (χ4n) is 2.51. The van der Waals surface area contributed by atoms with Crippen molar-refractivity contribution >= 4 is 5.69 Å². The summed E-state index contributed by atoms with van der Waals surface area (Å²) in [5.74, 6) is -0.0837. The standard InChI is InChI=1S/C15H22FN3/c1-18-6-8-19(9-7-18)15-5-2-12(10-14(15)16)11-17-13-3-4-13/h2,5,10,13,17H,3-4,6-9,11H2,1H3.